The molecule has 0 amide bonds. The lowest BCUT2D eigenvalue weighted by atomic mass is 9.99. The number of hydrogen-bond donors (Lipinski definition) is 1. The van der Waals surface area contributed by atoms with Gasteiger partial charge in [-0.25, -0.2) is 4.79 Å². The zero-order valence-corrected chi connectivity index (χ0v) is 11.4. The van der Waals surface area contributed by atoms with E-state index in [0.717, 1.165) is 12.0 Å². The van der Waals surface area contributed by atoms with Crippen LogP contribution in [0.5, 0.6) is 6.08 Å². The van der Waals surface area contributed by atoms with Gasteiger partial charge in [-0.1, -0.05) is 13.8 Å². The van der Waals surface area contributed by atoms with E-state index in [0.29, 0.717) is 29.1 Å². The molecule has 0 spiro atoms. The van der Waals surface area contributed by atoms with Gasteiger partial charge in [-0.15, -0.1) is 0 Å². The van der Waals surface area contributed by atoms with Gasteiger partial charge in [0.25, 0.3) is 0 Å². The average Bonchev–Trinajstić information content (AvgIpc) is 2.26. The monoisotopic (exact) mass is 262 g/mol. The minimum absolute atomic E-state index is 0.0129. The zero-order valence-electron chi connectivity index (χ0n) is 11.4. The number of nitrogens with zero attached hydrogens (tertiary/aromatic N) is 1. The lowest BCUT2D eigenvalue weighted by Gasteiger charge is -2.09. The number of aromatic nitrogens is 1. The first-order chi connectivity index (χ1) is 9.01. The van der Waals surface area contributed by atoms with Gasteiger partial charge in [0.2, 0.25) is 0 Å². The molecule has 1 aromatic carbocycles. The predicted molar refractivity (Wildman–Crippen MR) is 74.4 cm³/mol. The van der Waals surface area contributed by atoms with Crippen LogP contribution < -0.4 is 16.1 Å². The predicted octanol–water partition coefficient (Wildman–Crippen LogP) is 2.37. The van der Waals surface area contributed by atoms with Crippen LogP contribution in [0.3, 0.4) is 0 Å². The molecule has 1 aromatic heterocycles. The van der Waals surface area contributed by atoms with Gasteiger partial charge in [0.1, 0.15) is 0 Å². The molecule has 0 fully saturated rings. The van der Waals surface area contributed by atoms with Crippen LogP contribution >= 0.6 is 0 Å². The number of fused-ring (bicyclic) bond motifs is 1. The van der Waals surface area contributed by atoms with Crippen molar-refractivity contribution in [3.63, 3.8) is 0 Å². The number of benzene rings is 1. The highest BCUT2D eigenvalue weighted by molar-refractivity contribution is 5.84. The van der Waals surface area contributed by atoms with Gasteiger partial charge in [-0.2, -0.15) is 4.98 Å². The molecule has 0 aliphatic carbocycles. The molecule has 0 aliphatic heterocycles. The summed E-state index contributed by atoms with van der Waals surface area (Å²) in [6, 6.07) is 3.47. The minimum atomic E-state index is -0.427. The van der Waals surface area contributed by atoms with Crippen molar-refractivity contribution in [1.82, 2.24) is 4.98 Å². The fourth-order valence-corrected chi connectivity index (χ4v) is 2.07. The molecule has 0 atom stereocenters. The van der Waals surface area contributed by atoms with Crippen molar-refractivity contribution in [2.45, 2.75) is 27.2 Å². The maximum Gasteiger partial charge on any atom is 0.397 e. The van der Waals surface area contributed by atoms with Crippen LogP contribution in [0.4, 0.5) is 5.69 Å². The van der Waals surface area contributed by atoms with Crippen molar-refractivity contribution in [2.75, 3.05) is 12.3 Å². The Hall–Kier alpha value is -2.04. The molecular formula is C14H18N2O3. The van der Waals surface area contributed by atoms with E-state index in [1.54, 1.807) is 19.1 Å². The van der Waals surface area contributed by atoms with E-state index in [2.05, 4.69) is 18.8 Å². The standard InChI is InChI=1S/C14H18N2O3/c1-4-18-14-16-11-7-10(15)6-9(5-8(2)3)12(11)13(17)19-14/h6-8H,4-5,15H2,1-3H3. The number of anilines is 1. The van der Waals surface area contributed by atoms with Crippen molar-refractivity contribution >= 4 is 16.6 Å². The normalized spacial score (nSPS) is 11.2. The fourth-order valence-electron chi connectivity index (χ4n) is 2.07. The molecule has 0 radical (unpaired) electrons. The van der Waals surface area contributed by atoms with Gasteiger partial charge in [0.05, 0.1) is 17.5 Å². The lowest BCUT2D eigenvalue weighted by molar-refractivity contribution is 0.229. The van der Waals surface area contributed by atoms with Crippen LogP contribution in [-0.4, -0.2) is 11.6 Å². The third-order valence-electron chi connectivity index (χ3n) is 2.71. The van der Waals surface area contributed by atoms with E-state index in [9.17, 15) is 4.79 Å². The van der Waals surface area contributed by atoms with Crippen LogP contribution in [0.25, 0.3) is 10.9 Å². The second kappa shape index (κ2) is 5.30. The highest BCUT2D eigenvalue weighted by Gasteiger charge is 2.13. The molecular weight excluding hydrogens is 244 g/mol. The summed E-state index contributed by atoms with van der Waals surface area (Å²) in [4.78, 5) is 16.2. The maximum atomic E-state index is 12.1. The molecule has 1 heterocycles. The van der Waals surface area contributed by atoms with Gasteiger partial charge >= 0.3 is 11.7 Å². The van der Waals surface area contributed by atoms with E-state index in [1.165, 1.54) is 0 Å². The molecule has 5 heteroatoms. The highest BCUT2D eigenvalue weighted by atomic mass is 16.6. The Morgan fingerprint density at radius 3 is 2.79 bits per heavy atom. The molecule has 2 aromatic rings. The lowest BCUT2D eigenvalue weighted by Crippen LogP contribution is -2.09. The summed E-state index contributed by atoms with van der Waals surface area (Å²) in [6.45, 7) is 6.36. The van der Waals surface area contributed by atoms with Crippen molar-refractivity contribution < 1.29 is 9.15 Å². The Morgan fingerprint density at radius 2 is 2.16 bits per heavy atom. The molecule has 0 bridgehead atoms. The smallest absolute Gasteiger partial charge is 0.397 e. The first-order valence-corrected chi connectivity index (χ1v) is 6.37. The Balaban J connectivity index is 2.67. The number of rotatable bonds is 4. The Morgan fingerprint density at radius 1 is 1.42 bits per heavy atom. The summed E-state index contributed by atoms with van der Waals surface area (Å²) in [7, 11) is 0. The van der Waals surface area contributed by atoms with E-state index in [-0.39, 0.29) is 6.08 Å². The van der Waals surface area contributed by atoms with Crippen LogP contribution in [0.2, 0.25) is 0 Å². The molecule has 0 saturated carbocycles. The second-order valence-corrected chi connectivity index (χ2v) is 4.87. The molecule has 2 rings (SSSR count). The van der Waals surface area contributed by atoms with E-state index in [1.807, 2.05) is 0 Å². The van der Waals surface area contributed by atoms with Crippen LogP contribution in [-0.2, 0) is 6.42 Å². The topological polar surface area (TPSA) is 78.4 Å². The van der Waals surface area contributed by atoms with Crippen molar-refractivity contribution in [2.24, 2.45) is 5.92 Å². The summed E-state index contributed by atoms with van der Waals surface area (Å²) in [5.74, 6) is 0.413. The van der Waals surface area contributed by atoms with Crippen molar-refractivity contribution in [1.29, 1.82) is 0 Å². The highest BCUT2D eigenvalue weighted by Crippen LogP contribution is 2.22. The third-order valence-corrected chi connectivity index (χ3v) is 2.71. The van der Waals surface area contributed by atoms with Gasteiger partial charge in [-0.05, 0) is 37.0 Å². The minimum Gasteiger partial charge on any atom is -0.450 e. The average molecular weight is 262 g/mol. The maximum absolute atomic E-state index is 12.1. The fraction of sp³-hybridized carbons (Fsp3) is 0.429. The number of nitrogens with two attached hydrogens (primary N) is 1. The van der Waals surface area contributed by atoms with Crippen LogP contribution in [0.1, 0.15) is 26.3 Å². The molecule has 19 heavy (non-hydrogen) atoms. The Labute approximate surface area is 111 Å². The first kappa shape index (κ1) is 13.4. The van der Waals surface area contributed by atoms with Gasteiger partial charge in [0, 0.05) is 5.69 Å². The number of hydrogen-bond acceptors (Lipinski definition) is 5. The van der Waals surface area contributed by atoms with E-state index >= 15 is 0 Å². The molecule has 0 aliphatic rings. The summed E-state index contributed by atoms with van der Waals surface area (Å²) in [5.41, 5.74) is 7.41. The molecule has 0 saturated heterocycles. The van der Waals surface area contributed by atoms with Crippen molar-refractivity contribution in [3.05, 3.63) is 28.1 Å². The SMILES string of the molecule is CCOc1nc2cc(N)cc(CC(C)C)c2c(=O)o1. The third kappa shape index (κ3) is 2.86. The van der Waals surface area contributed by atoms with Crippen molar-refractivity contribution in [3.8, 4) is 6.08 Å². The molecule has 102 valence electrons. The Kier molecular flexibility index (Phi) is 3.74. The summed E-state index contributed by atoms with van der Waals surface area (Å²) in [5, 5.41) is 0.492. The van der Waals surface area contributed by atoms with Crippen LogP contribution in [0, 0.1) is 5.92 Å². The summed E-state index contributed by atoms with van der Waals surface area (Å²) < 4.78 is 10.2. The Bertz CT molecular complexity index is 647. The summed E-state index contributed by atoms with van der Waals surface area (Å²) in [6.07, 6.45) is 0.739. The van der Waals surface area contributed by atoms with Gasteiger partial charge in [0.15, 0.2) is 0 Å². The first-order valence-electron chi connectivity index (χ1n) is 6.37. The summed E-state index contributed by atoms with van der Waals surface area (Å²) >= 11 is 0. The van der Waals surface area contributed by atoms with E-state index < -0.39 is 5.63 Å². The molecule has 0 unspecified atom stereocenters. The van der Waals surface area contributed by atoms with Gasteiger partial charge < -0.3 is 14.9 Å². The van der Waals surface area contributed by atoms with E-state index in [4.69, 9.17) is 14.9 Å². The zero-order chi connectivity index (χ0) is 14.0. The molecule has 2 N–H and O–H groups in total. The second-order valence-electron chi connectivity index (χ2n) is 4.87. The number of ether oxygens (including phenoxy) is 1. The largest absolute Gasteiger partial charge is 0.450 e. The van der Waals surface area contributed by atoms with Crippen LogP contribution in [0.15, 0.2) is 21.3 Å². The van der Waals surface area contributed by atoms with Gasteiger partial charge in [-0.3, -0.25) is 0 Å². The quantitative estimate of drug-likeness (QED) is 0.856. The number of nitrogen functional groups attached to an aromatic ring is 1. The molecule has 5 nitrogen and oxygen atoms in total.